The number of sulfonamides is 1. The predicted molar refractivity (Wildman–Crippen MR) is 83.3 cm³/mol. The highest BCUT2D eigenvalue weighted by molar-refractivity contribution is 9.11. The lowest BCUT2D eigenvalue weighted by molar-refractivity contribution is 0.290. The van der Waals surface area contributed by atoms with Crippen LogP contribution in [0.15, 0.2) is 14.1 Å². The van der Waals surface area contributed by atoms with Crippen LogP contribution in [0.2, 0.25) is 5.02 Å². The van der Waals surface area contributed by atoms with E-state index in [0.29, 0.717) is 21.3 Å². The molecule has 0 atom stereocenters. The average molecular weight is 387 g/mol. The number of hydrogen-bond acceptors (Lipinski definition) is 3. The van der Waals surface area contributed by atoms with E-state index in [2.05, 4.69) is 27.6 Å². The van der Waals surface area contributed by atoms with E-state index in [-0.39, 0.29) is 4.21 Å². The van der Waals surface area contributed by atoms with Gasteiger partial charge in [-0.05, 0) is 46.7 Å². The first-order valence-electron chi connectivity index (χ1n) is 6.33. The Kier molecular flexibility index (Phi) is 5.34. The van der Waals surface area contributed by atoms with Crippen molar-refractivity contribution in [1.29, 1.82) is 0 Å². The topological polar surface area (TPSA) is 46.2 Å². The minimum absolute atomic E-state index is 0.272. The van der Waals surface area contributed by atoms with E-state index in [9.17, 15) is 8.42 Å². The van der Waals surface area contributed by atoms with Crippen molar-refractivity contribution in [3.05, 3.63) is 14.9 Å². The van der Waals surface area contributed by atoms with Crippen LogP contribution in [0.1, 0.15) is 32.6 Å². The molecule has 0 saturated heterocycles. The highest BCUT2D eigenvalue weighted by Gasteiger charge is 2.23. The van der Waals surface area contributed by atoms with Gasteiger partial charge in [0.1, 0.15) is 4.21 Å². The predicted octanol–water partition coefficient (Wildman–Crippen LogP) is 4.27. The fourth-order valence-electron chi connectivity index (χ4n) is 2.29. The summed E-state index contributed by atoms with van der Waals surface area (Å²) in [5.74, 6) is 1.24. The maximum atomic E-state index is 12.1. The Labute approximate surface area is 131 Å². The van der Waals surface area contributed by atoms with Crippen LogP contribution in [0.4, 0.5) is 0 Å². The first kappa shape index (κ1) is 15.8. The first-order valence-corrected chi connectivity index (χ1v) is 9.80. The highest BCUT2D eigenvalue weighted by Crippen LogP contribution is 2.34. The van der Waals surface area contributed by atoms with Crippen molar-refractivity contribution in [3.8, 4) is 0 Å². The van der Waals surface area contributed by atoms with E-state index in [4.69, 9.17) is 11.6 Å². The third kappa shape index (κ3) is 4.17. The summed E-state index contributed by atoms with van der Waals surface area (Å²) in [5, 5.41) is 0.442. The fourth-order valence-corrected chi connectivity index (χ4v) is 5.85. The maximum absolute atomic E-state index is 12.1. The molecule has 1 N–H and O–H groups in total. The molecule has 1 aromatic heterocycles. The molecule has 3 nitrogen and oxygen atoms in total. The van der Waals surface area contributed by atoms with Gasteiger partial charge in [-0.15, -0.1) is 11.3 Å². The molecule has 0 spiro atoms. The summed E-state index contributed by atoms with van der Waals surface area (Å²) in [6.45, 7) is 2.79. The van der Waals surface area contributed by atoms with Crippen LogP contribution in [-0.4, -0.2) is 15.0 Å². The zero-order valence-electron chi connectivity index (χ0n) is 10.7. The van der Waals surface area contributed by atoms with Gasteiger partial charge in [0, 0.05) is 6.54 Å². The van der Waals surface area contributed by atoms with Crippen LogP contribution in [0.3, 0.4) is 0 Å². The first-order chi connectivity index (χ1) is 8.88. The molecular formula is C12H17BrClNO2S2. The molecule has 7 heteroatoms. The smallest absolute Gasteiger partial charge is 0.210 e. The molecule has 1 heterocycles. The summed E-state index contributed by atoms with van der Waals surface area (Å²) in [7, 11) is -3.42. The molecule has 19 heavy (non-hydrogen) atoms. The largest absolute Gasteiger partial charge is 0.250 e. The van der Waals surface area contributed by atoms with E-state index < -0.39 is 10.0 Å². The summed E-state index contributed by atoms with van der Waals surface area (Å²) in [4.78, 5) is 0. The minimum atomic E-state index is -3.42. The van der Waals surface area contributed by atoms with E-state index in [0.717, 1.165) is 30.1 Å². The minimum Gasteiger partial charge on any atom is -0.210 e. The molecule has 0 unspecified atom stereocenters. The molecule has 0 radical (unpaired) electrons. The fraction of sp³-hybridized carbons (Fsp3) is 0.667. The Morgan fingerprint density at radius 2 is 2.05 bits per heavy atom. The van der Waals surface area contributed by atoms with Crippen molar-refractivity contribution in [2.75, 3.05) is 6.54 Å². The SMILES string of the molecule is CC1CCC(CNS(=O)(=O)c2cc(Cl)c(Br)s2)CC1. The molecule has 108 valence electrons. The zero-order chi connectivity index (χ0) is 14.0. The number of halogens is 2. The molecule has 0 amide bonds. The van der Waals surface area contributed by atoms with Crippen molar-refractivity contribution in [1.82, 2.24) is 4.72 Å². The number of nitrogens with one attached hydrogen (secondary N) is 1. The van der Waals surface area contributed by atoms with Gasteiger partial charge in [0.05, 0.1) is 8.81 Å². The summed E-state index contributed by atoms with van der Waals surface area (Å²) >= 11 is 10.3. The Balaban J connectivity index is 1.94. The van der Waals surface area contributed by atoms with E-state index >= 15 is 0 Å². The monoisotopic (exact) mass is 385 g/mol. The lowest BCUT2D eigenvalue weighted by Crippen LogP contribution is -2.30. The Morgan fingerprint density at radius 1 is 1.42 bits per heavy atom. The molecule has 1 saturated carbocycles. The van der Waals surface area contributed by atoms with Crippen molar-refractivity contribution in [3.63, 3.8) is 0 Å². The third-order valence-electron chi connectivity index (χ3n) is 3.58. The molecule has 1 aliphatic carbocycles. The molecule has 1 fully saturated rings. The summed E-state index contributed by atoms with van der Waals surface area (Å²) in [5.41, 5.74) is 0. The Hall–Kier alpha value is 0.380. The van der Waals surface area contributed by atoms with Gasteiger partial charge in [-0.25, -0.2) is 13.1 Å². The standard InChI is InChI=1S/C12H17BrClNO2S2/c1-8-2-4-9(5-3-8)7-15-19(16,17)11-6-10(14)12(13)18-11/h6,8-9,15H,2-5,7H2,1H3. The molecule has 0 bridgehead atoms. The normalized spacial score (nSPS) is 24.6. The van der Waals surface area contributed by atoms with Crippen LogP contribution >= 0.6 is 38.9 Å². The molecule has 1 aliphatic rings. The van der Waals surface area contributed by atoms with Crippen molar-refractivity contribution < 1.29 is 8.42 Å². The zero-order valence-corrected chi connectivity index (χ0v) is 14.6. The van der Waals surface area contributed by atoms with Crippen LogP contribution in [0.25, 0.3) is 0 Å². The van der Waals surface area contributed by atoms with Gasteiger partial charge in [0.2, 0.25) is 10.0 Å². The van der Waals surface area contributed by atoms with E-state index in [1.165, 1.54) is 18.9 Å². The molecular weight excluding hydrogens is 370 g/mol. The van der Waals surface area contributed by atoms with Gasteiger partial charge in [-0.1, -0.05) is 31.4 Å². The number of thiophene rings is 1. The van der Waals surface area contributed by atoms with Crippen molar-refractivity contribution >= 4 is 48.9 Å². The van der Waals surface area contributed by atoms with Crippen LogP contribution in [0.5, 0.6) is 0 Å². The van der Waals surface area contributed by atoms with Crippen molar-refractivity contribution in [2.45, 2.75) is 36.8 Å². The van der Waals surface area contributed by atoms with Gasteiger partial charge in [0.25, 0.3) is 0 Å². The lowest BCUT2D eigenvalue weighted by Gasteiger charge is -2.26. The lowest BCUT2D eigenvalue weighted by atomic mass is 9.83. The van der Waals surface area contributed by atoms with Crippen LogP contribution in [-0.2, 0) is 10.0 Å². The second kappa shape index (κ2) is 6.43. The van der Waals surface area contributed by atoms with E-state index in [1.54, 1.807) is 0 Å². The third-order valence-corrected chi connectivity index (χ3v) is 7.96. The number of hydrogen-bond donors (Lipinski definition) is 1. The number of rotatable bonds is 4. The summed E-state index contributed by atoms with van der Waals surface area (Å²) in [6.07, 6.45) is 4.61. The van der Waals surface area contributed by atoms with Crippen molar-refractivity contribution in [2.24, 2.45) is 11.8 Å². The van der Waals surface area contributed by atoms with Gasteiger partial charge in [-0.2, -0.15) is 0 Å². The Bertz CT molecular complexity index is 516. The highest BCUT2D eigenvalue weighted by atomic mass is 79.9. The van der Waals surface area contributed by atoms with Crippen LogP contribution in [0, 0.1) is 11.8 Å². The molecule has 0 aromatic carbocycles. The summed E-state index contributed by atoms with van der Waals surface area (Å²) in [6, 6.07) is 1.49. The van der Waals surface area contributed by atoms with Gasteiger partial charge in [0.15, 0.2) is 0 Å². The maximum Gasteiger partial charge on any atom is 0.250 e. The van der Waals surface area contributed by atoms with E-state index in [1.807, 2.05) is 0 Å². The van der Waals surface area contributed by atoms with Gasteiger partial charge in [-0.3, -0.25) is 0 Å². The quantitative estimate of drug-likeness (QED) is 0.840. The molecule has 0 aliphatic heterocycles. The summed E-state index contributed by atoms with van der Waals surface area (Å²) < 4.78 is 27.9. The van der Waals surface area contributed by atoms with Gasteiger partial charge >= 0.3 is 0 Å². The van der Waals surface area contributed by atoms with Gasteiger partial charge < -0.3 is 0 Å². The second-order valence-electron chi connectivity index (χ2n) is 5.16. The van der Waals surface area contributed by atoms with Crippen LogP contribution < -0.4 is 4.72 Å². The second-order valence-corrected chi connectivity index (χ2v) is 9.94. The Morgan fingerprint density at radius 3 is 2.58 bits per heavy atom. The molecule has 2 rings (SSSR count). The average Bonchev–Trinajstić information content (AvgIpc) is 2.70. The molecule has 1 aromatic rings.